The van der Waals surface area contributed by atoms with Crippen molar-refractivity contribution in [1.82, 2.24) is 0 Å². The number of halogens is 1. The fourth-order valence-electron chi connectivity index (χ4n) is 1.78. The van der Waals surface area contributed by atoms with Gasteiger partial charge in [-0.05, 0) is 30.3 Å². The van der Waals surface area contributed by atoms with Gasteiger partial charge in [-0.2, -0.15) is 0 Å². The summed E-state index contributed by atoms with van der Waals surface area (Å²) in [6.45, 7) is 0. The summed E-state index contributed by atoms with van der Waals surface area (Å²) in [6.07, 6.45) is 0. The highest BCUT2D eigenvalue weighted by atomic mass is 19.1. The summed E-state index contributed by atoms with van der Waals surface area (Å²) in [6, 6.07) is 10.5. The maximum absolute atomic E-state index is 13.3. The van der Waals surface area contributed by atoms with Crippen LogP contribution in [0.2, 0.25) is 0 Å². The van der Waals surface area contributed by atoms with E-state index < -0.39 is 5.82 Å². The number of hydrogen-bond donors (Lipinski definition) is 0. The maximum Gasteiger partial charge on any atom is 0.196 e. The van der Waals surface area contributed by atoms with E-state index in [2.05, 4.69) is 0 Å². The van der Waals surface area contributed by atoms with Crippen LogP contribution in [0.5, 0.6) is 11.5 Å². The van der Waals surface area contributed by atoms with E-state index in [0.29, 0.717) is 17.1 Å². The molecule has 0 aliphatic heterocycles. The molecule has 0 heterocycles. The third-order valence-electron chi connectivity index (χ3n) is 2.74. The van der Waals surface area contributed by atoms with Gasteiger partial charge in [0.15, 0.2) is 5.78 Å². The van der Waals surface area contributed by atoms with Gasteiger partial charge in [-0.3, -0.25) is 4.79 Å². The Morgan fingerprint density at radius 3 is 2.53 bits per heavy atom. The Morgan fingerprint density at radius 1 is 1.05 bits per heavy atom. The molecule has 2 aromatic carbocycles. The lowest BCUT2D eigenvalue weighted by Crippen LogP contribution is -2.04. The Balaban J connectivity index is 2.46. The molecule has 2 aromatic rings. The summed E-state index contributed by atoms with van der Waals surface area (Å²) < 4.78 is 23.4. The number of carbonyl (C=O) groups is 1. The second kappa shape index (κ2) is 5.52. The largest absolute Gasteiger partial charge is 0.497 e. The molecule has 3 nitrogen and oxygen atoms in total. The molecule has 0 spiro atoms. The second-order valence-corrected chi connectivity index (χ2v) is 3.91. The van der Waals surface area contributed by atoms with E-state index in [1.54, 1.807) is 24.3 Å². The molecule has 0 fully saturated rings. The van der Waals surface area contributed by atoms with Crippen molar-refractivity contribution in [2.45, 2.75) is 0 Å². The highest BCUT2D eigenvalue weighted by Gasteiger charge is 2.15. The zero-order chi connectivity index (χ0) is 13.8. The maximum atomic E-state index is 13.3. The van der Waals surface area contributed by atoms with Gasteiger partial charge in [0.1, 0.15) is 17.3 Å². The summed E-state index contributed by atoms with van der Waals surface area (Å²) in [7, 11) is 2.96. The first-order chi connectivity index (χ1) is 9.15. The van der Waals surface area contributed by atoms with Crippen LogP contribution in [0.3, 0.4) is 0 Å². The first-order valence-electron chi connectivity index (χ1n) is 5.68. The van der Waals surface area contributed by atoms with Crippen molar-refractivity contribution < 1.29 is 18.7 Å². The van der Waals surface area contributed by atoms with E-state index >= 15 is 0 Å². The van der Waals surface area contributed by atoms with Crippen LogP contribution in [0.25, 0.3) is 0 Å². The van der Waals surface area contributed by atoms with Crippen molar-refractivity contribution in [2.24, 2.45) is 0 Å². The zero-order valence-electron chi connectivity index (χ0n) is 10.6. The van der Waals surface area contributed by atoms with E-state index in [0.717, 1.165) is 0 Å². The van der Waals surface area contributed by atoms with Gasteiger partial charge >= 0.3 is 0 Å². The van der Waals surface area contributed by atoms with Gasteiger partial charge in [-0.15, -0.1) is 0 Å². The number of ketones is 1. The van der Waals surface area contributed by atoms with Crippen LogP contribution in [-0.2, 0) is 0 Å². The van der Waals surface area contributed by atoms with Gasteiger partial charge in [-0.1, -0.05) is 12.1 Å². The molecule has 0 radical (unpaired) electrons. The first kappa shape index (κ1) is 13.1. The average Bonchev–Trinajstić information content (AvgIpc) is 2.46. The van der Waals surface area contributed by atoms with Crippen LogP contribution in [0.1, 0.15) is 15.9 Å². The van der Waals surface area contributed by atoms with E-state index in [4.69, 9.17) is 9.47 Å². The molecule has 19 heavy (non-hydrogen) atoms. The molecule has 0 unspecified atom stereocenters. The second-order valence-electron chi connectivity index (χ2n) is 3.91. The topological polar surface area (TPSA) is 35.5 Å². The number of methoxy groups -OCH3 is 2. The minimum atomic E-state index is -0.480. The van der Waals surface area contributed by atoms with Gasteiger partial charge in [0, 0.05) is 5.56 Å². The number of benzene rings is 2. The van der Waals surface area contributed by atoms with Crippen molar-refractivity contribution in [1.29, 1.82) is 0 Å². The van der Waals surface area contributed by atoms with Crippen LogP contribution >= 0.6 is 0 Å². The zero-order valence-corrected chi connectivity index (χ0v) is 10.6. The Bertz CT molecular complexity index is 608. The Morgan fingerprint density at radius 2 is 1.84 bits per heavy atom. The lowest BCUT2D eigenvalue weighted by atomic mass is 10.0. The van der Waals surface area contributed by atoms with Crippen LogP contribution < -0.4 is 9.47 Å². The Hall–Kier alpha value is -2.36. The lowest BCUT2D eigenvalue weighted by Gasteiger charge is -2.08. The molecule has 2 rings (SSSR count). The van der Waals surface area contributed by atoms with E-state index in [1.165, 1.54) is 32.4 Å². The van der Waals surface area contributed by atoms with Crippen LogP contribution in [0.4, 0.5) is 4.39 Å². The lowest BCUT2D eigenvalue weighted by molar-refractivity contribution is 0.103. The predicted molar refractivity (Wildman–Crippen MR) is 69.4 cm³/mol. The van der Waals surface area contributed by atoms with Crippen LogP contribution in [0, 0.1) is 5.82 Å². The van der Waals surface area contributed by atoms with E-state index in [9.17, 15) is 9.18 Å². The average molecular weight is 260 g/mol. The van der Waals surface area contributed by atoms with Gasteiger partial charge in [-0.25, -0.2) is 4.39 Å². The minimum absolute atomic E-state index is 0.191. The van der Waals surface area contributed by atoms with Crippen molar-refractivity contribution >= 4 is 5.78 Å². The van der Waals surface area contributed by atoms with Gasteiger partial charge in [0.2, 0.25) is 0 Å². The molecular weight excluding hydrogens is 247 g/mol. The number of carbonyl (C=O) groups excluding carboxylic acids is 1. The fourth-order valence-corrected chi connectivity index (χ4v) is 1.78. The van der Waals surface area contributed by atoms with Crippen molar-refractivity contribution in [3.8, 4) is 11.5 Å². The van der Waals surface area contributed by atoms with E-state index in [-0.39, 0.29) is 11.3 Å². The Kier molecular flexibility index (Phi) is 3.80. The highest BCUT2D eigenvalue weighted by Crippen LogP contribution is 2.24. The number of rotatable bonds is 4. The summed E-state index contributed by atoms with van der Waals surface area (Å²) in [5, 5.41) is 0. The standard InChI is InChI=1S/C15H13FO3/c1-18-12-5-3-4-10(8-12)15(17)13-9-11(16)6-7-14(13)19-2/h3-9H,1-2H3. The molecule has 0 aliphatic rings. The van der Waals surface area contributed by atoms with Gasteiger partial charge < -0.3 is 9.47 Å². The molecule has 0 saturated carbocycles. The third-order valence-corrected chi connectivity index (χ3v) is 2.74. The molecule has 0 atom stereocenters. The molecule has 0 amide bonds. The Labute approximate surface area is 110 Å². The normalized spacial score (nSPS) is 10.1. The highest BCUT2D eigenvalue weighted by molar-refractivity contribution is 6.10. The summed E-state index contributed by atoms with van der Waals surface area (Å²) in [4.78, 5) is 12.3. The van der Waals surface area contributed by atoms with Crippen molar-refractivity contribution in [2.75, 3.05) is 14.2 Å². The van der Waals surface area contributed by atoms with Crippen LogP contribution in [-0.4, -0.2) is 20.0 Å². The van der Waals surface area contributed by atoms with E-state index in [1.807, 2.05) is 0 Å². The molecule has 0 aromatic heterocycles. The molecule has 0 aliphatic carbocycles. The number of ether oxygens (including phenoxy) is 2. The van der Waals surface area contributed by atoms with Crippen molar-refractivity contribution in [3.05, 3.63) is 59.4 Å². The van der Waals surface area contributed by atoms with Crippen molar-refractivity contribution in [3.63, 3.8) is 0 Å². The molecule has 98 valence electrons. The molecular formula is C15H13FO3. The molecule has 0 N–H and O–H groups in total. The molecule has 0 saturated heterocycles. The fraction of sp³-hybridized carbons (Fsp3) is 0.133. The number of hydrogen-bond acceptors (Lipinski definition) is 3. The summed E-state index contributed by atoms with van der Waals surface area (Å²) in [5.41, 5.74) is 0.610. The summed E-state index contributed by atoms with van der Waals surface area (Å²) in [5.74, 6) is 0.123. The van der Waals surface area contributed by atoms with Gasteiger partial charge in [0.05, 0.1) is 19.8 Å². The quantitative estimate of drug-likeness (QED) is 0.792. The molecule has 0 bridgehead atoms. The summed E-state index contributed by atoms with van der Waals surface area (Å²) >= 11 is 0. The van der Waals surface area contributed by atoms with Crippen LogP contribution in [0.15, 0.2) is 42.5 Å². The predicted octanol–water partition coefficient (Wildman–Crippen LogP) is 3.07. The van der Waals surface area contributed by atoms with Gasteiger partial charge in [0.25, 0.3) is 0 Å². The SMILES string of the molecule is COc1cccc(C(=O)c2cc(F)ccc2OC)c1. The molecule has 4 heteroatoms. The minimum Gasteiger partial charge on any atom is -0.497 e. The third kappa shape index (κ3) is 2.73. The first-order valence-corrected chi connectivity index (χ1v) is 5.68. The monoisotopic (exact) mass is 260 g/mol. The smallest absolute Gasteiger partial charge is 0.196 e.